The first-order chi connectivity index (χ1) is 12.9. The van der Waals surface area contributed by atoms with Gasteiger partial charge >= 0.3 is 52.7 Å². The molecule has 0 saturated heterocycles. The predicted octanol–water partition coefficient (Wildman–Crippen LogP) is 9.37. The van der Waals surface area contributed by atoms with Gasteiger partial charge < -0.3 is 0 Å². The first-order valence-corrected chi connectivity index (χ1v) is 17.7. The van der Waals surface area contributed by atoms with Crippen LogP contribution >= 0.6 is 44.4 Å². The summed E-state index contributed by atoms with van der Waals surface area (Å²) in [5, 5.41) is 0. The predicted molar refractivity (Wildman–Crippen MR) is 123 cm³/mol. The summed E-state index contributed by atoms with van der Waals surface area (Å²) in [5.41, 5.74) is 0. The van der Waals surface area contributed by atoms with E-state index in [9.17, 15) is 0 Å². The molecule has 1 aromatic rings. The Kier molecular flexibility index (Phi) is 21.1. The van der Waals surface area contributed by atoms with Crippen molar-refractivity contribution in [3.63, 3.8) is 0 Å². The van der Waals surface area contributed by atoms with Gasteiger partial charge in [0, 0.05) is 18.6 Å². The second kappa shape index (κ2) is 20.3. The van der Waals surface area contributed by atoms with E-state index in [0.717, 1.165) is 0 Å². The Balaban J connectivity index is 0.00000119. The zero-order chi connectivity index (χ0) is 20.2. The van der Waals surface area contributed by atoms with Crippen molar-refractivity contribution in [2.24, 2.45) is 0 Å². The van der Waals surface area contributed by atoms with Crippen LogP contribution in [-0.2, 0) is 14.8 Å². The third-order valence-corrected chi connectivity index (χ3v) is 4.55. The Morgan fingerprint density at radius 3 is 1.33 bits per heavy atom. The molecule has 0 N–H and O–H groups in total. The van der Waals surface area contributed by atoms with Crippen LogP contribution in [-0.4, -0.2) is 0 Å². The Bertz CT molecular complexity index is 410. The van der Waals surface area contributed by atoms with Gasteiger partial charge in [0.05, 0.1) is 0 Å². The summed E-state index contributed by atoms with van der Waals surface area (Å²) in [6.07, 6.45) is 24.4. The summed E-state index contributed by atoms with van der Waals surface area (Å²) >= 11 is 2.80. The second-order valence-corrected chi connectivity index (χ2v) is 22.1. The number of hydrogen-bond donors (Lipinski definition) is 0. The summed E-state index contributed by atoms with van der Waals surface area (Å²) in [4.78, 5) is 0. The maximum absolute atomic E-state index is 5.10. The first-order valence-electron chi connectivity index (χ1n) is 10.4. The third kappa shape index (κ3) is 27.0. The van der Waals surface area contributed by atoms with Crippen LogP contribution in [0.15, 0.2) is 30.6 Å². The Hall–Kier alpha value is 1.02. The zero-order valence-corrected chi connectivity index (χ0v) is 21.8. The van der Waals surface area contributed by atoms with Crippen LogP contribution in [0, 0.1) is 0 Å². The summed E-state index contributed by atoms with van der Waals surface area (Å²) in [5.74, 6) is 0. The molecule has 1 heterocycles. The molecule has 0 fully saturated rings. The van der Waals surface area contributed by atoms with Crippen molar-refractivity contribution in [3.05, 3.63) is 30.6 Å². The van der Waals surface area contributed by atoms with E-state index in [1.807, 2.05) is 0 Å². The molecule has 0 radical (unpaired) electrons. The van der Waals surface area contributed by atoms with Gasteiger partial charge in [-0.2, -0.15) is 0 Å². The molecule has 6 heteroatoms. The fourth-order valence-electron chi connectivity index (χ4n) is 3.07. The quantitative estimate of drug-likeness (QED) is 0.117. The van der Waals surface area contributed by atoms with Crippen molar-refractivity contribution in [3.8, 4) is 0 Å². The molecule has 0 aliphatic carbocycles. The molecular formula is C21H38BrCl3FeN. The van der Waals surface area contributed by atoms with Gasteiger partial charge in [0.15, 0.2) is 12.4 Å². The monoisotopic (exact) mass is 544 g/mol. The summed E-state index contributed by atoms with van der Waals surface area (Å²) in [6.45, 7) is 3.47. The minimum atomic E-state index is -2.27. The van der Waals surface area contributed by atoms with Crippen molar-refractivity contribution < 1.29 is 12.9 Å². The Labute approximate surface area is 190 Å². The van der Waals surface area contributed by atoms with E-state index in [1.54, 1.807) is 0 Å². The van der Waals surface area contributed by atoms with Gasteiger partial charge in [-0.3, -0.25) is 0 Å². The standard InChI is InChI=1S/C21H38N.BrH.3ClH.Fe/c1-2-3-4-5-6-7-8-9-10-11-12-13-14-16-19-22-20-17-15-18-21-22;;;;;/h15,17-18,20-21H,2-14,16,19H2,1H3;4*1H;/q+1;;;;;+3/p-4. The van der Waals surface area contributed by atoms with Crippen LogP contribution in [0.3, 0.4) is 0 Å². The molecule has 163 valence electrons. The number of unbranched alkanes of at least 4 members (excludes halogenated alkanes) is 13. The van der Waals surface area contributed by atoms with E-state index in [2.05, 4.69) is 56.2 Å². The fourth-order valence-corrected chi connectivity index (χ4v) is 3.07. The number of nitrogens with zero attached hydrogens (tertiary/aromatic N) is 1. The Morgan fingerprint density at radius 2 is 0.963 bits per heavy atom. The maximum atomic E-state index is 5.10. The van der Waals surface area contributed by atoms with Crippen LogP contribution in [0.5, 0.6) is 0 Å². The average molecular weight is 547 g/mol. The van der Waals surface area contributed by atoms with Crippen LogP contribution in [0.25, 0.3) is 0 Å². The SMILES string of the molecule is CCCCCCCCCCCCCCCC[n+]1ccccc1.[Cl][Fe-]([Cl])([Cl])[Br]. The number of aryl methyl sites for hydroxylation is 1. The van der Waals surface area contributed by atoms with E-state index in [0.29, 0.717) is 0 Å². The van der Waals surface area contributed by atoms with Crippen molar-refractivity contribution >= 4 is 44.4 Å². The van der Waals surface area contributed by atoms with E-state index >= 15 is 0 Å². The molecule has 0 atom stereocenters. The third-order valence-electron chi connectivity index (χ3n) is 4.55. The molecule has 0 saturated carbocycles. The molecule has 0 aliphatic heterocycles. The van der Waals surface area contributed by atoms with Gasteiger partial charge in [0.25, 0.3) is 0 Å². The first kappa shape index (κ1) is 28.0. The van der Waals surface area contributed by atoms with Crippen molar-refractivity contribution in [1.82, 2.24) is 0 Å². The Morgan fingerprint density at radius 1 is 0.630 bits per heavy atom. The van der Waals surface area contributed by atoms with Crippen LogP contribution < -0.4 is 4.57 Å². The van der Waals surface area contributed by atoms with Crippen molar-refractivity contribution in [1.29, 1.82) is 0 Å². The average Bonchev–Trinajstić information content (AvgIpc) is 2.61. The summed E-state index contributed by atoms with van der Waals surface area (Å²) < 4.78 is 2.29. The summed E-state index contributed by atoms with van der Waals surface area (Å²) in [7, 11) is 13.0. The number of hydrogen-bond acceptors (Lipinski definition) is 0. The molecular weight excluding hydrogens is 508 g/mol. The minimum absolute atomic E-state index is 1.18. The number of rotatable bonds is 15. The molecule has 1 nitrogen and oxygen atoms in total. The van der Waals surface area contributed by atoms with Crippen LogP contribution in [0.4, 0.5) is 0 Å². The molecule has 0 bridgehead atoms. The van der Waals surface area contributed by atoms with Crippen molar-refractivity contribution in [2.75, 3.05) is 0 Å². The van der Waals surface area contributed by atoms with Crippen LogP contribution in [0.1, 0.15) is 96.8 Å². The topological polar surface area (TPSA) is 3.88 Å². The van der Waals surface area contributed by atoms with Gasteiger partial charge in [0.1, 0.15) is 6.54 Å². The molecule has 27 heavy (non-hydrogen) atoms. The second-order valence-electron chi connectivity index (χ2n) is 7.01. The molecule has 0 aromatic carbocycles. The van der Waals surface area contributed by atoms with E-state index in [4.69, 9.17) is 30.3 Å². The molecule has 1 aromatic heterocycles. The van der Waals surface area contributed by atoms with Gasteiger partial charge in [-0.25, -0.2) is 4.57 Å². The van der Waals surface area contributed by atoms with E-state index in [1.165, 1.54) is 96.4 Å². The molecule has 0 spiro atoms. The molecule has 0 aliphatic rings. The number of halogens is 4. The van der Waals surface area contributed by atoms with Crippen LogP contribution in [0.2, 0.25) is 0 Å². The number of aromatic nitrogens is 1. The number of pyridine rings is 1. The van der Waals surface area contributed by atoms with Gasteiger partial charge in [-0.1, -0.05) is 90.0 Å². The molecule has 0 unspecified atom stereocenters. The van der Waals surface area contributed by atoms with Gasteiger partial charge in [-0.05, 0) is 6.42 Å². The molecule has 1 rings (SSSR count). The zero-order valence-electron chi connectivity index (χ0n) is 16.8. The normalized spacial score (nSPS) is 11.7. The summed E-state index contributed by atoms with van der Waals surface area (Å²) in [6, 6.07) is 6.31. The van der Waals surface area contributed by atoms with Gasteiger partial charge in [-0.15, -0.1) is 0 Å². The van der Waals surface area contributed by atoms with Crippen molar-refractivity contribution in [2.45, 2.75) is 103 Å². The van der Waals surface area contributed by atoms with E-state index < -0.39 is 8.30 Å². The fraction of sp³-hybridized carbons (Fsp3) is 0.762. The van der Waals surface area contributed by atoms with E-state index in [-0.39, 0.29) is 0 Å². The van der Waals surface area contributed by atoms with Gasteiger partial charge in [0.2, 0.25) is 0 Å². The molecule has 0 amide bonds.